The molecule has 128 valence electrons. The van der Waals surface area contributed by atoms with Crippen LogP contribution in [0.5, 0.6) is 0 Å². The van der Waals surface area contributed by atoms with E-state index in [2.05, 4.69) is 22.8 Å². The Morgan fingerprint density at radius 1 is 1.00 bits per heavy atom. The molecule has 0 aliphatic carbocycles. The van der Waals surface area contributed by atoms with Gasteiger partial charge in [-0.3, -0.25) is 0 Å². The minimum atomic E-state index is -4.32. The lowest BCUT2D eigenvalue weighted by atomic mass is 9.92. The summed E-state index contributed by atoms with van der Waals surface area (Å²) in [6.07, 6.45) is -2.36. The van der Waals surface area contributed by atoms with Crippen LogP contribution in [0.25, 0.3) is 0 Å². The van der Waals surface area contributed by atoms with Gasteiger partial charge in [0.25, 0.3) is 0 Å². The minimum Gasteiger partial charge on any atom is -0.309 e. The van der Waals surface area contributed by atoms with Crippen LogP contribution in [0.15, 0.2) is 54.6 Å². The summed E-state index contributed by atoms with van der Waals surface area (Å²) in [4.78, 5) is 0. The van der Waals surface area contributed by atoms with Crippen molar-refractivity contribution in [3.8, 4) is 0 Å². The average molecular weight is 334 g/mol. The van der Waals surface area contributed by atoms with E-state index < -0.39 is 11.7 Å². The summed E-state index contributed by atoms with van der Waals surface area (Å²) in [5, 5.41) is 6.82. The van der Waals surface area contributed by atoms with Gasteiger partial charge in [0.1, 0.15) is 0 Å². The normalized spacial score (nSPS) is 21.6. The van der Waals surface area contributed by atoms with Crippen LogP contribution in [0, 0.1) is 0 Å². The van der Waals surface area contributed by atoms with Gasteiger partial charge in [-0.05, 0) is 36.6 Å². The number of rotatable bonds is 4. The van der Waals surface area contributed by atoms with Crippen LogP contribution in [-0.2, 0) is 12.7 Å². The zero-order chi connectivity index (χ0) is 17.0. The molecule has 0 saturated carbocycles. The largest absolute Gasteiger partial charge is 0.416 e. The molecule has 2 unspecified atom stereocenters. The maximum atomic E-state index is 13.1. The predicted octanol–water partition coefficient (Wildman–Crippen LogP) is 4.29. The maximum absolute atomic E-state index is 13.1. The van der Waals surface area contributed by atoms with E-state index in [1.165, 1.54) is 11.6 Å². The fourth-order valence-electron chi connectivity index (χ4n) is 3.31. The molecule has 5 heteroatoms. The number of nitrogens with one attached hydrogen (secondary N) is 2. The summed E-state index contributed by atoms with van der Waals surface area (Å²) in [7, 11) is 0. The average Bonchev–Trinajstić information content (AvgIpc) is 2.60. The molecule has 0 radical (unpaired) electrons. The lowest BCUT2D eigenvalue weighted by Crippen LogP contribution is -2.45. The first-order chi connectivity index (χ1) is 11.6. The van der Waals surface area contributed by atoms with E-state index in [0.717, 1.165) is 25.5 Å². The number of hydrogen-bond donors (Lipinski definition) is 2. The molecule has 2 aromatic rings. The van der Waals surface area contributed by atoms with Crippen molar-refractivity contribution in [2.75, 3.05) is 6.54 Å². The molecule has 2 atom stereocenters. The van der Waals surface area contributed by atoms with Gasteiger partial charge in [0.15, 0.2) is 0 Å². The standard InChI is InChI=1S/C19H21F3N2/c20-19(21,22)16-10-5-4-9-15(16)13-24-17-11-6-12-23-18(17)14-7-2-1-3-8-14/h1-5,7-10,17-18,23-24H,6,11-13H2. The van der Waals surface area contributed by atoms with Crippen molar-refractivity contribution in [1.29, 1.82) is 0 Å². The molecular formula is C19H21F3N2. The van der Waals surface area contributed by atoms with Crippen molar-refractivity contribution < 1.29 is 13.2 Å². The van der Waals surface area contributed by atoms with E-state index in [1.807, 2.05) is 18.2 Å². The third-order valence-electron chi connectivity index (χ3n) is 4.49. The maximum Gasteiger partial charge on any atom is 0.416 e. The van der Waals surface area contributed by atoms with Crippen LogP contribution in [0.3, 0.4) is 0 Å². The van der Waals surface area contributed by atoms with Crippen molar-refractivity contribution in [2.45, 2.75) is 37.6 Å². The van der Waals surface area contributed by atoms with E-state index in [1.54, 1.807) is 12.1 Å². The van der Waals surface area contributed by atoms with Crippen molar-refractivity contribution in [3.63, 3.8) is 0 Å². The van der Waals surface area contributed by atoms with Gasteiger partial charge in [-0.15, -0.1) is 0 Å². The molecule has 1 aliphatic rings. The Kier molecular flexibility index (Phi) is 5.21. The molecule has 1 fully saturated rings. The summed E-state index contributed by atoms with van der Waals surface area (Å²) in [6, 6.07) is 16.1. The highest BCUT2D eigenvalue weighted by atomic mass is 19.4. The number of halogens is 3. The van der Waals surface area contributed by atoms with Gasteiger partial charge in [0.05, 0.1) is 5.56 Å². The fourth-order valence-corrected chi connectivity index (χ4v) is 3.31. The summed E-state index contributed by atoms with van der Waals surface area (Å²) in [6.45, 7) is 1.14. The van der Waals surface area contributed by atoms with E-state index in [0.29, 0.717) is 5.56 Å². The predicted molar refractivity (Wildman–Crippen MR) is 88.5 cm³/mol. The molecule has 2 nitrogen and oxygen atoms in total. The van der Waals surface area contributed by atoms with Crippen LogP contribution in [0.2, 0.25) is 0 Å². The second-order valence-corrected chi connectivity index (χ2v) is 6.13. The zero-order valence-electron chi connectivity index (χ0n) is 13.3. The first-order valence-corrected chi connectivity index (χ1v) is 8.22. The van der Waals surface area contributed by atoms with Crippen LogP contribution in [0.4, 0.5) is 13.2 Å². The molecule has 3 rings (SSSR count). The molecule has 1 aliphatic heterocycles. The third-order valence-corrected chi connectivity index (χ3v) is 4.49. The molecule has 24 heavy (non-hydrogen) atoms. The molecule has 0 bridgehead atoms. The van der Waals surface area contributed by atoms with E-state index in [9.17, 15) is 13.2 Å². The minimum absolute atomic E-state index is 0.113. The van der Waals surface area contributed by atoms with E-state index in [-0.39, 0.29) is 18.6 Å². The molecule has 2 N–H and O–H groups in total. The molecule has 0 amide bonds. The molecule has 0 aromatic heterocycles. The van der Waals surface area contributed by atoms with E-state index in [4.69, 9.17) is 0 Å². The van der Waals surface area contributed by atoms with Crippen molar-refractivity contribution in [1.82, 2.24) is 10.6 Å². The van der Waals surface area contributed by atoms with Gasteiger partial charge < -0.3 is 10.6 Å². The van der Waals surface area contributed by atoms with Crippen LogP contribution >= 0.6 is 0 Å². The quantitative estimate of drug-likeness (QED) is 0.872. The van der Waals surface area contributed by atoms with Gasteiger partial charge in [-0.1, -0.05) is 48.5 Å². The van der Waals surface area contributed by atoms with Crippen molar-refractivity contribution in [2.24, 2.45) is 0 Å². The highest BCUT2D eigenvalue weighted by Gasteiger charge is 2.33. The SMILES string of the molecule is FC(F)(F)c1ccccc1CNC1CCCNC1c1ccccc1. The van der Waals surface area contributed by atoms with Gasteiger partial charge in [0.2, 0.25) is 0 Å². The molecular weight excluding hydrogens is 313 g/mol. The molecule has 1 saturated heterocycles. The second kappa shape index (κ2) is 7.36. The zero-order valence-corrected chi connectivity index (χ0v) is 13.3. The summed E-state index contributed by atoms with van der Waals surface area (Å²) in [5.74, 6) is 0. The fraction of sp³-hybridized carbons (Fsp3) is 0.368. The Hall–Kier alpha value is -1.85. The Balaban J connectivity index is 1.74. The topological polar surface area (TPSA) is 24.1 Å². The summed E-state index contributed by atoms with van der Waals surface area (Å²) >= 11 is 0. The lowest BCUT2D eigenvalue weighted by Gasteiger charge is -2.34. The van der Waals surface area contributed by atoms with Gasteiger partial charge >= 0.3 is 6.18 Å². The summed E-state index contributed by atoms with van der Waals surface area (Å²) in [5.41, 5.74) is 0.902. The highest BCUT2D eigenvalue weighted by Crippen LogP contribution is 2.32. The van der Waals surface area contributed by atoms with Crippen LogP contribution in [-0.4, -0.2) is 12.6 Å². The lowest BCUT2D eigenvalue weighted by molar-refractivity contribution is -0.138. The highest BCUT2D eigenvalue weighted by molar-refractivity contribution is 5.30. The number of hydrogen-bond acceptors (Lipinski definition) is 2. The van der Waals surface area contributed by atoms with Crippen LogP contribution in [0.1, 0.15) is 35.6 Å². The van der Waals surface area contributed by atoms with Crippen molar-refractivity contribution >= 4 is 0 Å². The van der Waals surface area contributed by atoms with Gasteiger partial charge in [0, 0.05) is 18.6 Å². The Morgan fingerprint density at radius 3 is 2.46 bits per heavy atom. The summed E-state index contributed by atoms with van der Waals surface area (Å²) < 4.78 is 39.3. The van der Waals surface area contributed by atoms with E-state index >= 15 is 0 Å². The van der Waals surface area contributed by atoms with Crippen molar-refractivity contribution in [3.05, 3.63) is 71.3 Å². The third kappa shape index (κ3) is 3.97. The van der Waals surface area contributed by atoms with Gasteiger partial charge in [-0.2, -0.15) is 13.2 Å². The Morgan fingerprint density at radius 2 is 1.71 bits per heavy atom. The Bertz CT molecular complexity index is 655. The Labute approximate surface area is 140 Å². The monoisotopic (exact) mass is 334 g/mol. The van der Waals surface area contributed by atoms with Gasteiger partial charge in [-0.25, -0.2) is 0 Å². The number of benzene rings is 2. The molecule has 1 heterocycles. The molecule has 2 aromatic carbocycles. The second-order valence-electron chi connectivity index (χ2n) is 6.13. The number of piperidine rings is 1. The smallest absolute Gasteiger partial charge is 0.309 e. The number of alkyl halides is 3. The first-order valence-electron chi connectivity index (χ1n) is 8.22. The van der Waals surface area contributed by atoms with Crippen LogP contribution < -0.4 is 10.6 Å². The first kappa shape index (κ1) is 17.0. The molecule has 0 spiro atoms.